The molecule has 3 heteroatoms. The number of methoxy groups -OCH3 is 1. The SMILES string of the molecule is COC(=O)C1=C[C@@H]2C[C@H](C1)C[C@H]2O. The molecule has 0 aromatic carbocycles. The third kappa shape index (κ3) is 1.48. The van der Waals surface area contributed by atoms with Crippen LogP contribution in [0.5, 0.6) is 0 Å². The van der Waals surface area contributed by atoms with E-state index in [0.29, 0.717) is 5.92 Å². The Bertz CT molecular complexity index is 257. The van der Waals surface area contributed by atoms with Crippen molar-refractivity contribution in [2.45, 2.75) is 25.4 Å². The fraction of sp³-hybridized carbons (Fsp3) is 0.700. The van der Waals surface area contributed by atoms with E-state index in [2.05, 4.69) is 4.74 Å². The molecule has 1 fully saturated rings. The first-order valence-corrected chi connectivity index (χ1v) is 4.67. The third-order valence-electron chi connectivity index (χ3n) is 3.05. The van der Waals surface area contributed by atoms with Crippen molar-refractivity contribution in [2.75, 3.05) is 7.11 Å². The molecule has 0 spiro atoms. The number of hydrogen-bond acceptors (Lipinski definition) is 3. The number of esters is 1. The number of carbonyl (C=O) groups is 1. The molecule has 0 aromatic rings. The zero-order valence-electron chi connectivity index (χ0n) is 7.69. The van der Waals surface area contributed by atoms with Crippen LogP contribution in [0.15, 0.2) is 11.6 Å². The maximum Gasteiger partial charge on any atom is 0.333 e. The highest BCUT2D eigenvalue weighted by Gasteiger charge is 2.37. The van der Waals surface area contributed by atoms with Gasteiger partial charge in [-0.2, -0.15) is 0 Å². The average molecular weight is 182 g/mol. The molecule has 0 heterocycles. The van der Waals surface area contributed by atoms with Gasteiger partial charge in [0.25, 0.3) is 0 Å². The highest BCUT2D eigenvalue weighted by molar-refractivity contribution is 5.88. The molecule has 1 saturated carbocycles. The van der Waals surface area contributed by atoms with Crippen molar-refractivity contribution in [1.29, 1.82) is 0 Å². The van der Waals surface area contributed by atoms with Crippen LogP contribution >= 0.6 is 0 Å². The number of carbonyl (C=O) groups excluding carboxylic acids is 1. The van der Waals surface area contributed by atoms with E-state index in [1.54, 1.807) is 0 Å². The van der Waals surface area contributed by atoms with Crippen LogP contribution in [0.4, 0.5) is 0 Å². The first kappa shape index (κ1) is 8.75. The summed E-state index contributed by atoms with van der Waals surface area (Å²) in [5, 5.41) is 9.57. The number of aliphatic hydroxyl groups is 1. The first-order valence-electron chi connectivity index (χ1n) is 4.67. The van der Waals surface area contributed by atoms with Crippen molar-refractivity contribution < 1.29 is 14.6 Å². The lowest BCUT2D eigenvalue weighted by Crippen LogP contribution is -2.15. The standard InChI is InChI=1S/C10H14O3/c1-13-10(12)8-3-6-2-7(5-8)9(11)4-6/h5-7,9,11H,2-4H2,1H3/t6-,7+,9-/m1/s1. The highest BCUT2D eigenvalue weighted by Crippen LogP contribution is 2.41. The summed E-state index contributed by atoms with van der Waals surface area (Å²) in [5.74, 6) is 0.441. The third-order valence-corrected chi connectivity index (χ3v) is 3.05. The van der Waals surface area contributed by atoms with E-state index in [-0.39, 0.29) is 18.0 Å². The lowest BCUT2D eigenvalue weighted by Gasteiger charge is -2.17. The number of rotatable bonds is 1. The largest absolute Gasteiger partial charge is 0.466 e. The van der Waals surface area contributed by atoms with E-state index in [9.17, 15) is 9.90 Å². The van der Waals surface area contributed by atoms with Gasteiger partial charge in [-0.25, -0.2) is 4.79 Å². The number of fused-ring (bicyclic) bond motifs is 2. The van der Waals surface area contributed by atoms with Gasteiger partial charge in [0.05, 0.1) is 13.2 Å². The second kappa shape index (κ2) is 3.14. The lowest BCUT2D eigenvalue weighted by atomic mass is 9.89. The number of ether oxygens (including phenoxy) is 1. The van der Waals surface area contributed by atoms with E-state index in [1.165, 1.54) is 7.11 Å². The van der Waals surface area contributed by atoms with Gasteiger partial charge in [-0.3, -0.25) is 0 Å². The van der Waals surface area contributed by atoms with Gasteiger partial charge in [0, 0.05) is 11.5 Å². The van der Waals surface area contributed by atoms with Gasteiger partial charge in [-0.15, -0.1) is 0 Å². The lowest BCUT2D eigenvalue weighted by molar-refractivity contribution is -0.136. The van der Waals surface area contributed by atoms with Crippen molar-refractivity contribution in [3.05, 3.63) is 11.6 Å². The minimum Gasteiger partial charge on any atom is -0.466 e. The molecule has 3 nitrogen and oxygen atoms in total. The zero-order valence-corrected chi connectivity index (χ0v) is 7.69. The Labute approximate surface area is 77.4 Å². The highest BCUT2D eigenvalue weighted by atomic mass is 16.5. The summed E-state index contributed by atoms with van der Waals surface area (Å²) in [6, 6.07) is 0. The molecule has 2 bridgehead atoms. The second-order valence-electron chi connectivity index (χ2n) is 3.96. The molecular weight excluding hydrogens is 168 g/mol. The number of aliphatic hydroxyl groups excluding tert-OH is 1. The number of hydrogen-bond donors (Lipinski definition) is 1. The molecule has 2 rings (SSSR count). The predicted molar refractivity (Wildman–Crippen MR) is 46.9 cm³/mol. The van der Waals surface area contributed by atoms with E-state index in [1.807, 2.05) is 6.08 Å². The molecule has 0 radical (unpaired) electrons. The van der Waals surface area contributed by atoms with Crippen LogP contribution in [0.2, 0.25) is 0 Å². The fourth-order valence-corrected chi connectivity index (χ4v) is 2.42. The molecule has 0 aromatic heterocycles. The monoisotopic (exact) mass is 182 g/mol. The van der Waals surface area contributed by atoms with E-state index < -0.39 is 0 Å². The Balaban J connectivity index is 2.16. The molecule has 3 atom stereocenters. The first-order chi connectivity index (χ1) is 6.20. The van der Waals surface area contributed by atoms with Crippen LogP contribution in [0.1, 0.15) is 19.3 Å². The Morgan fingerprint density at radius 1 is 1.62 bits per heavy atom. The molecule has 0 saturated heterocycles. The molecule has 0 unspecified atom stereocenters. The average Bonchev–Trinajstić information content (AvgIpc) is 2.39. The quantitative estimate of drug-likeness (QED) is 0.612. The van der Waals surface area contributed by atoms with Crippen LogP contribution in [-0.4, -0.2) is 24.3 Å². The van der Waals surface area contributed by atoms with Crippen molar-refractivity contribution >= 4 is 5.97 Å². The Morgan fingerprint density at radius 2 is 2.38 bits per heavy atom. The summed E-state index contributed by atoms with van der Waals surface area (Å²) in [6.07, 6.45) is 4.29. The van der Waals surface area contributed by atoms with Crippen molar-refractivity contribution in [3.8, 4) is 0 Å². The van der Waals surface area contributed by atoms with E-state index >= 15 is 0 Å². The molecular formula is C10H14O3. The Morgan fingerprint density at radius 3 is 3.00 bits per heavy atom. The summed E-state index contributed by atoms with van der Waals surface area (Å²) in [6.45, 7) is 0. The van der Waals surface area contributed by atoms with Gasteiger partial charge in [0.2, 0.25) is 0 Å². The van der Waals surface area contributed by atoms with Gasteiger partial charge in [0.15, 0.2) is 0 Å². The summed E-state index contributed by atoms with van der Waals surface area (Å²) < 4.78 is 4.66. The van der Waals surface area contributed by atoms with Gasteiger partial charge in [0.1, 0.15) is 0 Å². The van der Waals surface area contributed by atoms with Crippen molar-refractivity contribution in [1.82, 2.24) is 0 Å². The molecule has 2 aliphatic carbocycles. The van der Waals surface area contributed by atoms with Gasteiger partial charge >= 0.3 is 5.97 Å². The van der Waals surface area contributed by atoms with Crippen molar-refractivity contribution in [3.63, 3.8) is 0 Å². The fourth-order valence-electron chi connectivity index (χ4n) is 2.42. The van der Waals surface area contributed by atoms with Crippen LogP contribution in [0, 0.1) is 11.8 Å². The zero-order chi connectivity index (χ0) is 9.42. The van der Waals surface area contributed by atoms with Gasteiger partial charge in [-0.05, 0) is 25.2 Å². The minimum absolute atomic E-state index is 0.188. The Kier molecular flexibility index (Phi) is 2.12. The predicted octanol–water partition coefficient (Wildman–Crippen LogP) is 0.877. The van der Waals surface area contributed by atoms with E-state index in [0.717, 1.165) is 24.8 Å². The van der Waals surface area contributed by atoms with Crippen LogP contribution in [0.25, 0.3) is 0 Å². The maximum atomic E-state index is 11.2. The smallest absolute Gasteiger partial charge is 0.333 e. The van der Waals surface area contributed by atoms with Crippen LogP contribution in [0.3, 0.4) is 0 Å². The molecule has 0 aliphatic heterocycles. The molecule has 2 aliphatic rings. The molecule has 72 valence electrons. The minimum atomic E-state index is -0.243. The Hall–Kier alpha value is -0.830. The van der Waals surface area contributed by atoms with Gasteiger partial charge in [-0.1, -0.05) is 6.08 Å². The van der Waals surface area contributed by atoms with E-state index in [4.69, 9.17) is 0 Å². The van der Waals surface area contributed by atoms with Crippen LogP contribution < -0.4 is 0 Å². The van der Waals surface area contributed by atoms with Crippen molar-refractivity contribution in [2.24, 2.45) is 11.8 Å². The summed E-state index contributed by atoms with van der Waals surface area (Å²) in [5.41, 5.74) is 0.750. The topological polar surface area (TPSA) is 46.5 Å². The maximum absolute atomic E-state index is 11.2. The molecule has 1 N–H and O–H groups in total. The second-order valence-corrected chi connectivity index (χ2v) is 3.96. The van der Waals surface area contributed by atoms with Gasteiger partial charge < -0.3 is 9.84 Å². The van der Waals surface area contributed by atoms with Crippen LogP contribution in [-0.2, 0) is 9.53 Å². The normalized spacial score (nSPS) is 37.1. The molecule has 0 amide bonds. The summed E-state index contributed by atoms with van der Waals surface area (Å²) >= 11 is 0. The molecule has 13 heavy (non-hydrogen) atoms. The summed E-state index contributed by atoms with van der Waals surface area (Å²) in [7, 11) is 1.40. The summed E-state index contributed by atoms with van der Waals surface area (Å²) in [4.78, 5) is 11.2.